The summed E-state index contributed by atoms with van der Waals surface area (Å²) in [5, 5.41) is 0.427. The van der Waals surface area contributed by atoms with Gasteiger partial charge in [0.15, 0.2) is 0 Å². The third-order valence-corrected chi connectivity index (χ3v) is 5.49. The Morgan fingerprint density at radius 3 is 2.71 bits per heavy atom. The van der Waals surface area contributed by atoms with E-state index < -0.39 is 10.0 Å². The highest BCUT2D eigenvalue weighted by Gasteiger charge is 2.16. The number of benzene rings is 2. The molecular formula is C17H16ClN3O2S. The molecule has 3 rings (SSSR count). The first-order valence-electron chi connectivity index (χ1n) is 7.29. The van der Waals surface area contributed by atoms with E-state index in [4.69, 9.17) is 11.6 Å². The Morgan fingerprint density at radius 1 is 1.21 bits per heavy atom. The van der Waals surface area contributed by atoms with E-state index in [0.29, 0.717) is 5.02 Å². The van der Waals surface area contributed by atoms with Crippen LogP contribution in [0.25, 0.3) is 5.69 Å². The average molecular weight is 362 g/mol. The number of imidazole rings is 1. The highest BCUT2D eigenvalue weighted by atomic mass is 35.5. The molecule has 24 heavy (non-hydrogen) atoms. The highest BCUT2D eigenvalue weighted by molar-refractivity contribution is 7.89. The summed E-state index contributed by atoms with van der Waals surface area (Å²) in [6.45, 7) is 2.00. The molecule has 0 unspecified atom stereocenters. The zero-order valence-electron chi connectivity index (χ0n) is 13.0. The van der Waals surface area contributed by atoms with E-state index in [-0.39, 0.29) is 11.4 Å². The summed E-state index contributed by atoms with van der Waals surface area (Å²) in [4.78, 5) is 4.17. The van der Waals surface area contributed by atoms with Crippen LogP contribution >= 0.6 is 11.6 Å². The molecule has 0 saturated carbocycles. The first-order chi connectivity index (χ1) is 11.5. The molecule has 2 aromatic carbocycles. The van der Waals surface area contributed by atoms with Gasteiger partial charge in [-0.1, -0.05) is 35.9 Å². The summed E-state index contributed by atoms with van der Waals surface area (Å²) in [6, 6.07) is 12.2. The second-order valence-corrected chi connectivity index (χ2v) is 7.51. The Hall–Kier alpha value is -2.15. The van der Waals surface area contributed by atoms with Crippen molar-refractivity contribution in [2.24, 2.45) is 0 Å². The van der Waals surface area contributed by atoms with Gasteiger partial charge in [0, 0.05) is 24.0 Å². The van der Waals surface area contributed by atoms with Gasteiger partial charge in [0.2, 0.25) is 10.0 Å². The molecule has 124 valence electrons. The molecule has 0 aliphatic rings. The molecule has 0 amide bonds. The van der Waals surface area contributed by atoms with Crippen molar-refractivity contribution < 1.29 is 8.42 Å². The lowest BCUT2D eigenvalue weighted by Gasteiger charge is -2.12. The molecule has 3 aromatic rings. The molecule has 0 bridgehead atoms. The number of aromatic nitrogens is 2. The van der Waals surface area contributed by atoms with E-state index in [2.05, 4.69) is 9.71 Å². The predicted molar refractivity (Wildman–Crippen MR) is 93.8 cm³/mol. The monoisotopic (exact) mass is 361 g/mol. The Kier molecular flexibility index (Phi) is 4.71. The second kappa shape index (κ2) is 6.76. The van der Waals surface area contributed by atoms with Crippen molar-refractivity contribution in [1.29, 1.82) is 0 Å². The minimum absolute atomic E-state index is 0.151. The lowest BCUT2D eigenvalue weighted by atomic mass is 10.2. The molecule has 1 aromatic heterocycles. The number of aryl methyl sites for hydroxylation is 1. The van der Waals surface area contributed by atoms with Crippen LogP contribution in [0.4, 0.5) is 0 Å². The van der Waals surface area contributed by atoms with E-state index in [9.17, 15) is 8.42 Å². The highest BCUT2D eigenvalue weighted by Crippen LogP contribution is 2.20. The number of sulfonamides is 1. The van der Waals surface area contributed by atoms with Gasteiger partial charge in [-0.15, -0.1) is 0 Å². The van der Waals surface area contributed by atoms with Gasteiger partial charge < -0.3 is 4.57 Å². The standard InChI is InChI=1S/C17H16ClN3O2S/c1-13-6-7-15(10-16(13)18)24(22,23)20-11-14-4-2-3-5-17(14)21-9-8-19-12-21/h2-10,12,20H,11H2,1H3. The molecule has 0 fully saturated rings. The smallest absolute Gasteiger partial charge is 0.240 e. The van der Waals surface area contributed by atoms with Crippen molar-refractivity contribution in [3.63, 3.8) is 0 Å². The van der Waals surface area contributed by atoms with Crippen molar-refractivity contribution >= 4 is 21.6 Å². The van der Waals surface area contributed by atoms with Crippen molar-refractivity contribution in [2.75, 3.05) is 0 Å². The van der Waals surface area contributed by atoms with Crippen LogP contribution in [0.5, 0.6) is 0 Å². The summed E-state index contributed by atoms with van der Waals surface area (Å²) < 4.78 is 29.4. The van der Waals surface area contributed by atoms with Crippen LogP contribution in [-0.2, 0) is 16.6 Å². The first kappa shape index (κ1) is 16.7. The molecule has 0 radical (unpaired) electrons. The number of para-hydroxylation sites is 1. The summed E-state index contributed by atoms with van der Waals surface area (Å²) in [7, 11) is -3.64. The molecule has 0 atom stereocenters. The Balaban J connectivity index is 1.84. The molecule has 0 spiro atoms. The molecule has 0 aliphatic heterocycles. The van der Waals surface area contributed by atoms with E-state index >= 15 is 0 Å². The van der Waals surface area contributed by atoms with Gasteiger partial charge in [0.05, 0.1) is 16.9 Å². The molecule has 5 nitrogen and oxygen atoms in total. The lowest BCUT2D eigenvalue weighted by Crippen LogP contribution is -2.24. The zero-order valence-corrected chi connectivity index (χ0v) is 14.6. The summed E-state index contributed by atoms with van der Waals surface area (Å²) >= 11 is 6.03. The van der Waals surface area contributed by atoms with E-state index in [1.165, 1.54) is 6.07 Å². The van der Waals surface area contributed by atoms with Gasteiger partial charge in [0.25, 0.3) is 0 Å². The minimum atomic E-state index is -3.64. The maximum absolute atomic E-state index is 12.5. The van der Waals surface area contributed by atoms with Gasteiger partial charge in [-0.05, 0) is 36.2 Å². The maximum Gasteiger partial charge on any atom is 0.240 e. The molecule has 1 N–H and O–H groups in total. The fraction of sp³-hybridized carbons (Fsp3) is 0.118. The topological polar surface area (TPSA) is 64.0 Å². The van der Waals surface area contributed by atoms with Crippen LogP contribution < -0.4 is 4.72 Å². The SMILES string of the molecule is Cc1ccc(S(=O)(=O)NCc2ccccc2-n2ccnc2)cc1Cl. The third-order valence-electron chi connectivity index (χ3n) is 3.68. The number of hydrogen-bond donors (Lipinski definition) is 1. The largest absolute Gasteiger partial charge is 0.306 e. The molecule has 1 heterocycles. The summed E-state index contributed by atoms with van der Waals surface area (Å²) in [6.07, 6.45) is 5.16. The fourth-order valence-corrected chi connectivity index (χ4v) is 3.59. The number of hydrogen-bond acceptors (Lipinski definition) is 3. The van der Waals surface area contributed by atoms with E-state index in [0.717, 1.165) is 16.8 Å². The van der Waals surface area contributed by atoms with E-state index in [1.54, 1.807) is 24.7 Å². The number of nitrogens with zero attached hydrogens (tertiary/aromatic N) is 2. The van der Waals surface area contributed by atoms with E-state index in [1.807, 2.05) is 42.0 Å². The van der Waals surface area contributed by atoms with Crippen LogP contribution in [0.15, 0.2) is 66.1 Å². The Labute approximate surface area is 146 Å². The third kappa shape index (κ3) is 3.51. The van der Waals surface area contributed by atoms with Gasteiger partial charge in [0.1, 0.15) is 0 Å². The second-order valence-electron chi connectivity index (χ2n) is 5.33. The predicted octanol–water partition coefficient (Wildman–Crippen LogP) is 3.31. The van der Waals surface area contributed by atoms with Crippen molar-refractivity contribution in [2.45, 2.75) is 18.4 Å². The van der Waals surface area contributed by atoms with Gasteiger partial charge in [-0.2, -0.15) is 0 Å². The van der Waals surface area contributed by atoms with Gasteiger partial charge in [-0.25, -0.2) is 18.1 Å². The molecule has 0 aliphatic carbocycles. The van der Waals surface area contributed by atoms with Crippen molar-refractivity contribution in [3.8, 4) is 5.69 Å². The normalized spacial score (nSPS) is 11.6. The van der Waals surface area contributed by atoms with Crippen molar-refractivity contribution in [3.05, 3.63) is 77.3 Å². The summed E-state index contributed by atoms with van der Waals surface area (Å²) in [5.74, 6) is 0. The van der Waals surface area contributed by atoms with Crippen molar-refractivity contribution in [1.82, 2.24) is 14.3 Å². The average Bonchev–Trinajstić information content (AvgIpc) is 3.10. The summed E-state index contributed by atoms with van der Waals surface area (Å²) in [5.41, 5.74) is 2.55. The molecular weight excluding hydrogens is 346 g/mol. The first-order valence-corrected chi connectivity index (χ1v) is 9.15. The minimum Gasteiger partial charge on any atom is -0.306 e. The quantitative estimate of drug-likeness (QED) is 0.758. The van der Waals surface area contributed by atoms with Gasteiger partial charge >= 0.3 is 0 Å². The van der Waals surface area contributed by atoms with Crippen LogP contribution in [0, 0.1) is 6.92 Å². The maximum atomic E-state index is 12.5. The Bertz CT molecular complexity index is 954. The number of rotatable bonds is 5. The van der Waals surface area contributed by atoms with Crippen LogP contribution in [0.2, 0.25) is 5.02 Å². The fourth-order valence-electron chi connectivity index (χ4n) is 2.31. The number of halogens is 1. The Morgan fingerprint density at radius 2 is 2.00 bits per heavy atom. The number of nitrogens with one attached hydrogen (secondary N) is 1. The molecule has 7 heteroatoms. The van der Waals surface area contributed by atoms with Crippen LogP contribution in [-0.4, -0.2) is 18.0 Å². The van der Waals surface area contributed by atoms with Gasteiger partial charge in [-0.3, -0.25) is 0 Å². The lowest BCUT2D eigenvalue weighted by molar-refractivity contribution is 0.581. The van der Waals surface area contributed by atoms with Crippen LogP contribution in [0.3, 0.4) is 0 Å². The zero-order chi connectivity index (χ0) is 17.2. The van der Waals surface area contributed by atoms with Crippen LogP contribution in [0.1, 0.15) is 11.1 Å². The molecule has 0 saturated heterocycles.